The molecule has 1 aromatic heterocycles. The fraction of sp³-hybridized carbons (Fsp3) is 0.545. The lowest BCUT2D eigenvalue weighted by Gasteiger charge is -2.21. The van der Waals surface area contributed by atoms with E-state index >= 15 is 0 Å². The molecule has 1 fully saturated rings. The van der Waals surface area contributed by atoms with Crippen LogP contribution in [0.25, 0.3) is 0 Å². The Morgan fingerprint density at radius 1 is 1.43 bits per heavy atom. The van der Waals surface area contributed by atoms with Crippen molar-refractivity contribution in [1.29, 1.82) is 0 Å². The van der Waals surface area contributed by atoms with E-state index in [1.165, 1.54) is 36.2 Å². The van der Waals surface area contributed by atoms with E-state index in [9.17, 15) is 4.79 Å². The first-order valence-electron chi connectivity index (χ1n) is 5.03. The Morgan fingerprint density at radius 2 is 2.21 bits per heavy atom. The van der Waals surface area contributed by atoms with Crippen LogP contribution in [0.2, 0.25) is 0 Å². The molecule has 0 radical (unpaired) electrons. The predicted octanol–water partition coefficient (Wildman–Crippen LogP) is 2.72. The van der Waals surface area contributed by atoms with Crippen LogP contribution in [0.4, 0.5) is 0 Å². The standard InChI is InChI=1S/C11H12O2S/c12-10(13)9-8-1-2-11(3-4-11)5-7(8)6-14-9/h6H,1-5H2,(H,12,13). The summed E-state index contributed by atoms with van der Waals surface area (Å²) in [4.78, 5) is 11.5. The molecule has 2 nitrogen and oxygen atoms in total. The monoisotopic (exact) mass is 208 g/mol. The van der Waals surface area contributed by atoms with E-state index < -0.39 is 5.97 Å². The van der Waals surface area contributed by atoms with Gasteiger partial charge in [-0.1, -0.05) is 0 Å². The number of thiophene rings is 1. The second-order valence-corrected chi connectivity index (χ2v) is 5.43. The summed E-state index contributed by atoms with van der Waals surface area (Å²) in [5.74, 6) is -0.747. The van der Waals surface area contributed by atoms with Crippen molar-refractivity contribution >= 4 is 17.3 Å². The molecular weight excluding hydrogens is 196 g/mol. The van der Waals surface area contributed by atoms with E-state index in [1.807, 2.05) is 0 Å². The molecule has 0 aromatic carbocycles. The zero-order valence-corrected chi connectivity index (χ0v) is 8.69. The van der Waals surface area contributed by atoms with Crippen molar-refractivity contribution in [3.05, 3.63) is 21.4 Å². The Morgan fingerprint density at radius 3 is 2.86 bits per heavy atom. The fourth-order valence-electron chi connectivity index (χ4n) is 2.51. The molecule has 0 amide bonds. The van der Waals surface area contributed by atoms with Gasteiger partial charge in [0, 0.05) is 0 Å². The van der Waals surface area contributed by atoms with Crippen LogP contribution < -0.4 is 0 Å². The summed E-state index contributed by atoms with van der Waals surface area (Å²) in [7, 11) is 0. The van der Waals surface area contributed by atoms with Gasteiger partial charge in [0.1, 0.15) is 4.88 Å². The molecule has 1 saturated carbocycles. The number of carbonyl (C=O) groups is 1. The van der Waals surface area contributed by atoms with E-state index in [-0.39, 0.29) is 0 Å². The van der Waals surface area contributed by atoms with Crippen LogP contribution in [0.5, 0.6) is 0 Å². The zero-order valence-electron chi connectivity index (χ0n) is 7.88. The normalized spacial score (nSPS) is 22.0. The smallest absolute Gasteiger partial charge is 0.346 e. The largest absolute Gasteiger partial charge is 0.477 e. The van der Waals surface area contributed by atoms with Gasteiger partial charge in [0.05, 0.1) is 0 Å². The van der Waals surface area contributed by atoms with Gasteiger partial charge in [0.25, 0.3) is 0 Å². The number of carboxylic acid groups (broad SMARTS) is 1. The molecule has 3 heteroatoms. The topological polar surface area (TPSA) is 37.3 Å². The van der Waals surface area contributed by atoms with Crippen LogP contribution in [-0.2, 0) is 12.8 Å². The molecule has 2 aliphatic carbocycles. The lowest BCUT2D eigenvalue weighted by molar-refractivity contribution is 0.0700. The van der Waals surface area contributed by atoms with Gasteiger partial charge in [-0.05, 0) is 54.0 Å². The van der Waals surface area contributed by atoms with Gasteiger partial charge in [-0.2, -0.15) is 0 Å². The Bertz CT molecular complexity index is 401. The first kappa shape index (κ1) is 8.48. The summed E-state index contributed by atoms with van der Waals surface area (Å²) in [5, 5.41) is 11.0. The second-order valence-electron chi connectivity index (χ2n) is 4.55. The van der Waals surface area contributed by atoms with Crippen LogP contribution in [0.3, 0.4) is 0 Å². The predicted molar refractivity (Wildman–Crippen MR) is 55.0 cm³/mol. The fourth-order valence-corrected chi connectivity index (χ4v) is 3.47. The van der Waals surface area contributed by atoms with E-state index in [0.29, 0.717) is 10.3 Å². The third-order valence-electron chi connectivity index (χ3n) is 3.60. The summed E-state index contributed by atoms with van der Waals surface area (Å²) in [6, 6.07) is 0. The van der Waals surface area contributed by atoms with Crippen LogP contribution in [0.1, 0.15) is 40.1 Å². The highest BCUT2D eigenvalue weighted by Crippen LogP contribution is 2.55. The molecule has 1 heterocycles. The Hall–Kier alpha value is -0.830. The molecule has 0 atom stereocenters. The van der Waals surface area contributed by atoms with Gasteiger partial charge in [0.15, 0.2) is 0 Å². The van der Waals surface area contributed by atoms with Crippen LogP contribution in [0, 0.1) is 5.41 Å². The molecule has 0 bridgehead atoms. The quantitative estimate of drug-likeness (QED) is 0.770. The molecular formula is C11H12O2S. The Balaban J connectivity index is 2.00. The molecule has 1 spiro atoms. The van der Waals surface area contributed by atoms with E-state index in [1.54, 1.807) is 0 Å². The average molecular weight is 208 g/mol. The average Bonchev–Trinajstić information content (AvgIpc) is 2.77. The summed E-state index contributed by atoms with van der Waals surface area (Å²) in [6.07, 6.45) is 6.03. The minimum Gasteiger partial charge on any atom is -0.477 e. The second kappa shape index (κ2) is 2.60. The molecule has 2 aliphatic rings. The maximum atomic E-state index is 10.9. The van der Waals surface area contributed by atoms with Gasteiger partial charge in [-0.15, -0.1) is 11.3 Å². The van der Waals surface area contributed by atoms with Crippen molar-refractivity contribution in [2.24, 2.45) is 5.41 Å². The minimum atomic E-state index is -0.747. The molecule has 0 unspecified atom stereocenters. The third kappa shape index (κ3) is 1.12. The minimum absolute atomic E-state index is 0.579. The van der Waals surface area contributed by atoms with Crippen LogP contribution >= 0.6 is 11.3 Å². The number of aromatic carboxylic acids is 1. The lowest BCUT2D eigenvalue weighted by atomic mass is 9.83. The highest BCUT2D eigenvalue weighted by molar-refractivity contribution is 7.12. The van der Waals surface area contributed by atoms with E-state index in [4.69, 9.17) is 5.11 Å². The molecule has 0 aliphatic heterocycles. The van der Waals surface area contributed by atoms with Crippen molar-refractivity contribution in [3.63, 3.8) is 0 Å². The van der Waals surface area contributed by atoms with E-state index in [2.05, 4.69) is 5.38 Å². The maximum absolute atomic E-state index is 10.9. The molecule has 3 rings (SSSR count). The number of carboxylic acids is 1. The summed E-state index contributed by atoms with van der Waals surface area (Å²) in [6.45, 7) is 0. The summed E-state index contributed by atoms with van der Waals surface area (Å²) >= 11 is 1.40. The number of hydrogen-bond acceptors (Lipinski definition) is 2. The van der Waals surface area contributed by atoms with Crippen LogP contribution in [-0.4, -0.2) is 11.1 Å². The SMILES string of the molecule is O=C(O)c1scc2c1CCC1(CC1)C2. The van der Waals surface area contributed by atoms with Crippen molar-refractivity contribution in [2.75, 3.05) is 0 Å². The number of fused-ring (bicyclic) bond motifs is 1. The highest BCUT2D eigenvalue weighted by Gasteiger charge is 2.45. The van der Waals surface area contributed by atoms with Gasteiger partial charge >= 0.3 is 5.97 Å². The van der Waals surface area contributed by atoms with Crippen LogP contribution in [0.15, 0.2) is 5.38 Å². The molecule has 74 valence electrons. The third-order valence-corrected chi connectivity index (χ3v) is 4.66. The van der Waals surface area contributed by atoms with Gasteiger partial charge in [-0.25, -0.2) is 4.79 Å². The number of hydrogen-bond donors (Lipinski definition) is 1. The molecule has 0 saturated heterocycles. The molecule has 1 N–H and O–H groups in total. The Kier molecular flexibility index (Phi) is 1.57. The van der Waals surface area contributed by atoms with E-state index in [0.717, 1.165) is 18.4 Å². The lowest BCUT2D eigenvalue weighted by Crippen LogP contribution is -2.15. The van der Waals surface area contributed by atoms with Crippen molar-refractivity contribution in [2.45, 2.75) is 32.1 Å². The number of rotatable bonds is 1. The molecule has 1 aromatic rings. The van der Waals surface area contributed by atoms with Crippen molar-refractivity contribution in [1.82, 2.24) is 0 Å². The first-order valence-corrected chi connectivity index (χ1v) is 5.91. The van der Waals surface area contributed by atoms with Gasteiger partial charge in [-0.3, -0.25) is 0 Å². The Labute approximate surface area is 86.6 Å². The summed E-state index contributed by atoms with van der Waals surface area (Å²) in [5.41, 5.74) is 3.03. The van der Waals surface area contributed by atoms with Gasteiger partial charge < -0.3 is 5.11 Å². The van der Waals surface area contributed by atoms with Gasteiger partial charge in [0.2, 0.25) is 0 Å². The highest BCUT2D eigenvalue weighted by atomic mass is 32.1. The first-order chi connectivity index (χ1) is 6.70. The summed E-state index contributed by atoms with van der Waals surface area (Å²) < 4.78 is 0. The zero-order chi connectivity index (χ0) is 9.76. The molecule has 14 heavy (non-hydrogen) atoms. The van der Waals surface area contributed by atoms with Crippen molar-refractivity contribution < 1.29 is 9.90 Å². The van der Waals surface area contributed by atoms with Crippen molar-refractivity contribution in [3.8, 4) is 0 Å². The maximum Gasteiger partial charge on any atom is 0.346 e.